The molecule has 5 atom stereocenters. The van der Waals surface area contributed by atoms with Crippen molar-refractivity contribution in [1.29, 1.82) is 0 Å². The minimum Gasteiger partial charge on any atom is -0.454 e. The molecule has 7 rings (SSSR count). The first kappa shape index (κ1) is 22.1. The van der Waals surface area contributed by atoms with Gasteiger partial charge in [0.05, 0.1) is 11.1 Å². The van der Waals surface area contributed by atoms with Crippen LogP contribution in [0.4, 0.5) is 0 Å². The van der Waals surface area contributed by atoms with Gasteiger partial charge in [0.25, 0.3) is 0 Å². The molecule has 3 aliphatic rings. The van der Waals surface area contributed by atoms with E-state index in [0.29, 0.717) is 11.1 Å². The molecular weight excluding hydrogens is 460 g/mol. The Bertz CT molecular complexity index is 1440. The second-order valence-corrected chi connectivity index (χ2v) is 10.6. The Kier molecular flexibility index (Phi) is 4.42. The van der Waals surface area contributed by atoms with Crippen LogP contribution >= 0.6 is 0 Å². The average molecular weight is 487 g/mol. The lowest BCUT2D eigenvalue weighted by Gasteiger charge is -2.68. The zero-order chi connectivity index (χ0) is 25.4. The van der Waals surface area contributed by atoms with E-state index in [4.69, 9.17) is 9.47 Å². The lowest BCUT2D eigenvalue weighted by molar-refractivity contribution is -0.0509. The molecule has 0 saturated heterocycles. The van der Waals surface area contributed by atoms with Crippen molar-refractivity contribution < 1.29 is 19.1 Å². The van der Waals surface area contributed by atoms with Crippen LogP contribution in [0, 0.1) is 0 Å². The summed E-state index contributed by atoms with van der Waals surface area (Å²) in [7, 11) is 0. The Morgan fingerprint density at radius 3 is 1.22 bits per heavy atom. The molecule has 1 spiro atoms. The van der Waals surface area contributed by atoms with Gasteiger partial charge in [-0.05, 0) is 46.5 Å². The van der Waals surface area contributed by atoms with Gasteiger partial charge >= 0.3 is 11.9 Å². The van der Waals surface area contributed by atoms with Crippen molar-refractivity contribution >= 4 is 11.9 Å². The molecule has 4 unspecified atom stereocenters. The van der Waals surface area contributed by atoms with Crippen LogP contribution in [0.2, 0.25) is 0 Å². The molecule has 0 amide bonds. The molecular formula is C33H26O4. The molecule has 1 fully saturated rings. The SMILES string of the molecule is CC12c3ccccc3C13c1ccccc1[C@@]3(C)C(OC(=O)c1ccccc1)C2OC(=O)c1ccccc1. The fraction of sp³-hybridized carbons (Fsp3) is 0.212. The Morgan fingerprint density at radius 2 is 0.838 bits per heavy atom. The monoisotopic (exact) mass is 486 g/mol. The smallest absolute Gasteiger partial charge is 0.338 e. The number of ether oxygens (including phenoxy) is 2. The maximum atomic E-state index is 13.5. The summed E-state index contributed by atoms with van der Waals surface area (Å²) in [6, 6.07) is 34.8. The molecule has 4 heteroatoms. The first-order chi connectivity index (χ1) is 18.0. The minimum atomic E-state index is -0.680. The van der Waals surface area contributed by atoms with Gasteiger partial charge in [0, 0.05) is 16.2 Å². The number of fused-ring (bicyclic) bond motifs is 4. The van der Waals surface area contributed by atoms with Crippen LogP contribution in [0.5, 0.6) is 0 Å². The second-order valence-electron chi connectivity index (χ2n) is 10.6. The molecule has 4 nitrogen and oxygen atoms in total. The van der Waals surface area contributed by atoms with Gasteiger partial charge in [-0.15, -0.1) is 0 Å². The fourth-order valence-electron chi connectivity index (χ4n) is 7.82. The van der Waals surface area contributed by atoms with E-state index >= 15 is 0 Å². The average Bonchev–Trinajstić information content (AvgIpc) is 3.05. The third kappa shape index (κ3) is 2.43. The summed E-state index contributed by atoms with van der Waals surface area (Å²) in [6.07, 6.45) is -1.36. The highest BCUT2D eigenvalue weighted by molar-refractivity contribution is 5.91. The van der Waals surface area contributed by atoms with Crippen molar-refractivity contribution in [3.63, 3.8) is 0 Å². The van der Waals surface area contributed by atoms with Crippen molar-refractivity contribution in [2.75, 3.05) is 0 Å². The van der Waals surface area contributed by atoms with Crippen LogP contribution in [-0.4, -0.2) is 24.1 Å². The highest BCUT2D eigenvalue weighted by atomic mass is 16.6. The van der Waals surface area contributed by atoms with E-state index in [-0.39, 0.29) is 0 Å². The van der Waals surface area contributed by atoms with Gasteiger partial charge in [-0.25, -0.2) is 9.59 Å². The zero-order valence-corrected chi connectivity index (χ0v) is 20.7. The van der Waals surface area contributed by atoms with Crippen molar-refractivity contribution in [3.8, 4) is 0 Å². The highest BCUT2D eigenvalue weighted by Crippen LogP contribution is 2.81. The van der Waals surface area contributed by atoms with Gasteiger partial charge in [0.15, 0.2) is 12.2 Å². The van der Waals surface area contributed by atoms with E-state index in [1.807, 2.05) is 48.5 Å². The summed E-state index contributed by atoms with van der Waals surface area (Å²) in [5, 5.41) is 0. The van der Waals surface area contributed by atoms with Crippen LogP contribution in [0.1, 0.15) is 56.8 Å². The van der Waals surface area contributed by atoms with E-state index in [1.165, 1.54) is 11.1 Å². The maximum Gasteiger partial charge on any atom is 0.338 e. The van der Waals surface area contributed by atoms with Crippen molar-refractivity contribution in [1.82, 2.24) is 0 Å². The summed E-state index contributed by atoms with van der Waals surface area (Å²) < 4.78 is 12.8. The summed E-state index contributed by atoms with van der Waals surface area (Å²) in [5.41, 5.74) is 4.09. The third-order valence-corrected chi connectivity index (χ3v) is 9.24. The maximum absolute atomic E-state index is 13.5. The van der Waals surface area contributed by atoms with Crippen LogP contribution in [0.25, 0.3) is 0 Å². The molecule has 3 aliphatic carbocycles. The van der Waals surface area contributed by atoms with Crippen LogP contribution in [0.15, 0.2) is 109 Å². The molecule has 4 aromatic carbocycles. The Labute approximate surface area is 215 Å². The molecule has 0 aliphatic heterocycles. The van der Waals surface area contributed by atoms with E-state index in [2.05, 4.69) is 50.2 Å². The van der Waals surface area contributed by atoms with Gasteiger partial charge < -0.3 is 9.47 Å². The molecule has 0 N–H and O–H groups in total. The molecule has 1 saturated carbocycles. The number of hydrogen-bond acceptors (Lipinski definition) is 4. The van der Waals surface area contributed by atoms with E-state index < -0.39 is 40.4 Å². The zero-order valence-electron chi connectivity index (χ0n) is 20.7. The summed E-state index contributed by atoms with van der Waals surface area (Å²) in [4.78, 5) is 27.0. The first-order valence-corrected chi connectivity index (χ1v) is 12.7. The standard InChI is InChI=1S/C33H26O4/c1-31-23-17-9-11-19-25(23)33(31)26-20-12-10-18-24(26)32(33,2)28(37-30(35)22-15-7-4-8-16-22)27(31)36-29(34)21-13-5-3-6-14-21/h3-20,27-28H,1-2H3/t27?,28?,31-,32?,33?/m0/s1. The molecule has 0 radical (unpaired) electrons. The lowest BCUT2D eigenvalue weighted by atomic mass is 9.33. The number of hydrogen-bond donors (Lipinski definition) is 0. The van der Waals surface area contributed by atoms with Gasteiger partial charge in [0.2, 0.25) is 0 Å². The van der Waals surface area contributed by atoms with E-state index in [0.717, 1.165) is 11.1 Å². The first-order valence-electron chi connectivity index (χ1n) is 12.7. The number of esters is 2. The predicted octanol–water partition coefficient (Wildman–Crippen LogP) is 5.98. The van der Waals surface area contributed by atoms with Gasteiger partial charge in [-0.2, -0.15) is 0 Å². The molecule has 182 valence electrons. The Morgan fingerprint density at radius 1 is 0.514 bits per heavy atom. The molecule has 0 bridgehead atoms. The summed E-state index contributed by atoms with van der Waals surface area (Å²) in [6.45, 7) is 4.34. The van der Waals surface area contributed by atoms with E-state index in [1.54, 1.807) is 24.3 Å². The van der Waals surface area contributed by atoms with Crippen molar-refractivity contribution in [2.45, 2.75) is 42.3 Å². The Hall–Kier alpha value is -4.18. The van der Waals surface area contributed by atoms with Crippen LogP contribution < -0.4 is 0 Å². The number of benzene rings is 4. The quantitative estimate of drug-likeness (QED) is 0.333. The highest BCUT2D eigenvalue weighted by Gasteiger charge is 2.87. The van der Waals surface area contributed by atoms with Crippen LogP contribution in [0.3, 0.4) is 0 Å². The normalized spacial score (nSPS) is 29.9. The molecule has 4 aromatic rings. The summed E-state index contributed by atoms with van der Waals surface area (Å²) in [5.74, 6) is -0.831. The predicted molar refractivity (Wildman–Crippen MR) is 140 cm³/mol. The summed E-state index contributed by atoms with van der Waals surface area (Å²) >= 11 is 0. The fourth-order valence-corrected chi connectivity index (χ4v) is 7.82. The molecule has 37 heavy (non-hydrogen) atoms. The molecule has 0 heterocycles. The Balaban J connectivity index is 1.42. The van der Waals surface area contributed by atoms with Crippen molar-refractivity contribution in [3.05, 3.63) is 143 Å². The lowest BCUT2D eigenvalue weighted by Crippen LogP contribution is -2.70. The van der Waals surface area contributed by atoms with Crippen LogP contribution in [-0.2, 0) is 25.7 Å². The topological polar surface area (TPSA) is 52.6 Å². The second kappa shape index (κ2) is 7.42. The number of carbonyl (C=O) groups excluding carboxylic acids is 2. The third-order valence-electron chi connectivity index (χ3n) is 9.24. The van der Waals surface area contributed by atoms with Gasteiger partial charge in [-0.1, -0.05) is 98.8 Å². The van der Waals surface area contributed by atoms with Gasteiger partial charge in [0.1, 0.15) is 0 Å². The van der Waals surface area contributed by atoms with Crippen molar-refractivity contribution in [2.24, 2.45) is 0 Å². The number of carbonyl (C=O) groups is 2. The molecule has 0 aromatic heterocycles. The largest absolute Gasteiger partial charge is 0.454 e. The van der Waals surface area contributed by atoms with Gasteiger partial charge in [-0.3, -0.25) is 0 Å². The number of rotatable bonds is 4. The van der Waals surface area contributed by atoms with E-state index in [9.17, 15) is 9.59 Å². The minimum absolute atomic E-state index is 0.416.